The molecule has 0 aliphatic heterocycles. The quantitative estimate of drug-likeness (QED) is 0.887. The third-order valence-electron chi connectivity index (χ3n) is 3.25. The number of hydrogen-bond donors (Lipinski definition) is 2. The maximum Gasteiger partial charge on any atom is 0.320 e. The van der Waals surface area contributed by atoms with Crippen molar-refractivity contribution in [2.24, 2.45) is 0 Å². The van der Waals surface area contributed by atoms with Crippen molar-refractivity contribution in [1.82, 2.24) is 10.5 Å². The van der Waals surface area contributed by atoms with Crippen LogP contribution in [-0.4, -0.2) is 30.8 Å². The average Bonchev–Trinajstić information content (AvgIpc) is 2.90. The van der Waals surface area contributed by atoms with E-state index in [1.54, 1.807) is 13.0 Å². The minimum absolute atomic E-state index is 0.164. The first-order chi connectivity index (χ1) is 10.1. The Balaban J connectivity index is 1.80. The highest BCUT2D eigenvalue weighted by Gasteiger charge is 2.12. The molecule has 6 nitrogen and oxygen atoms in total. The van der Waals surface area contributed by atoms with Crippen LogP contribution in [0.25, 0.3) is 0 Å². The largest absolute Gasteiger partial charge is 0.370 e. The number of carbonyl (C=O) groups is 1. The van der Waals surface area contributed by atoms with Gasteiger partial charge in [-0.05, 0) is 26.0 Å². The summed E-state index contributed by atoms with van der Waals surface area (Å²) in [7, 11) is 2.00. The first-order valence-electron chi connectivity index (χ1n) is 6.82. The Kier molecular flexibility index (Phi) is 4.81. The molecule has 6 heteroatoms. The van der Waals surface area contributed by atoms with E-state index in [0.29, 0.717) is 18.1 Å². The molecule has 1 atom stereocenters. The number of carbonyl (C=O) groups excluding carboxylic acids is 1. The standard InChI is InChI=1S/C15H20N4O2/c1-11(19(3)13-7-5-4-6-8-13)10-16-15(20)17-14-9-12(2)21-18-14/h4-9,11H,10H2,1-3H3,(H2,16,17,18,20). The number of para-hydroxylation sites is 1. The monoisotopic (exact) mass is 288 g/mol. The molecule has 0 saturated heterocycles. The van der Waals surface area contributed by atoms with Crippen LogP contribution in [0.5, 0.6) is 0 Å². The Hall–Kier alpha value is -2.50. The van der Waals surface area contributed by atoms with Gasteiger partial charge in [0, 0.05) is 31.4 Å². The highest BCUT2D eigenvalue weighted by atomic mass is 16.5. The summed E-state index contributed by atoms with van der Waals surface area (Å²) in [6.07, 6.45) is 0. The lowest BCUT2D eigenvalue weighted by Crippen LogP contribution is -2.41. The van der Waals surface area contributed by atoms with Crippen molar-refractivity contribution in [3.05, 3.63) is 42.2 Å². The molecule has 0 radical (unpaired) electrons. The predicted molar refractivity (Wildman–Crippen MR) is 82.6 cm³/mol. The molecular formula is C15H20N4O2. The minimum atomic E-state index is -0.295. The molecule has 1 heterocycles. The Morgan fingerprint density at radius 1 is 1.38 bits per heavy atom. The molecule has 0 aliphatic carbocycles. The van der Waals surface area contributed by atoms with Gasteiger partial charge in [0.05, 0.1) is 0 Å². The fraction of sp³-hybridized carbons (Fsp3) is 0.333. The second-order valence-electron chi connectivity index (χ2n) is 4.95. The van der Waals surface area contributed by atoms with Crippen molar-refractivity contribution in [3.63, 3.8) is 0 Å². The second kappa shape index (κ2) is 6.78. The molecule has 0 bridgehead atoms. The summed E-state index contributed by atoms with van der Waals surface area (Å²) in [4.78, 5) is 13.9. The summed E-state index contributed by atoms with van der Waals surface area (Å²) in [6, 6.07) is 11.6. The molecule has 1 unspecified atom stereocenters. The van der Waals surface area contributed by atoms with Crippen molar-refractivity contribution in [3.8, 4) is 0 Å². The summed E-state index contributed by atoms with van der Waals surface area (Å²) in [5, 5.41) is 9.15. The summed E-state index contributed by atoms with van der Waals surface area (Å²) >= 11 is 0. The number of hydrogen-bond acceptors (Lipinski definition) is 4. The Morgan fingerprint density at radius 2 is 2.10 bits per heavy atom. The Labute approximate surface area is 124 Å². The van der Waals surface area contributed by atoms with E-state index in [9.17, 15) is 4.79 Å². The lowest BCUT2D eigenvalue weighted by atomic mass is 10.2. The van der Waals surface area contributed by atoms with Gasteiger partial charge in [0.15, 0.2) is 5.82 Å². The number of nitrogens with one attached hydrogen (secondary N) is 2. The number of rotatable bonds is 5. The maximum absolute atomic E-state index is 11.8. The fourth-order valence-corrected chi connectivity index (χ4v) is 1.88. The number of aromatic nitrogens is 1. The van der Waals surface area contributed by atoms with E-state index in [1.807, 2.05) is 44.3 Å². The van der Waals surface area contributed by atoms with Crippen LogP contribution in [0, 0.1) is 6.92 Å². The van der Waals surface area contributed by atoms with Crippen LogP contribution >= 0.6 is 0 Å². The molecule has 0 spiro atoms. The zero-order chi connectivity index (χ0) is 15.2. The minimum Gasteiger partial charge on any atom is -0.370 e. The van der Waals surface area contributed by atoms with E-state index in [1.165, 1.54) is 0 Å². The molecule has 2 amide bonds. The number of anilines is 2. The molecule has 2 aromatic rings. The number of nitrogens with zero attached hydrogens (tertiary/aromatic N) is 2. The van der Waals surface area contributed by atoms with Gasteiger partial charge in [-0.15, -0.1) is 0 Å². The molecule has 0 fully saturated rings. The smallest absolute Gasteiger partial charge is 0.320 e. The van der Waals surface area contributed by atoms with E-state index in [2.05, 4.69) is 20.7 Å². The van der Waals surface area contributed by atoms with Gasteiger partial charge in [-0.3, -0.25) is 5.32 Å². The van der Waals surface area contributed by atoms with Gasteiger partial charge in [0.1, 0.15) is 5.76 Å². The van der Waals surface area contributed by atoms with E-state index in [0.717, 1.165) is 5.69 Å². The van der Waals surface area contributed by atoms with Crippen molar-refractivity contribution in [1.29, 1.82) is 0 Å². The van der Waals surface area contributed by atoms with Gasteiger partial charge >= 0.3 is 6.03 Å². The van der Waals surface area contributed by atoms with Crippen LogP contribution in [0.2, 0.25) is 0 Å². The predicted octanol–water partition coefficient (Wildman–Crippen LogP) is 2.63. The molecular weight excluding hydrogens is 268 g/mol. The number of aryl methyl sites for hydroxylation is 1. The first kappa shape index (κ1) is 14.9. The lowest BCUT2D eigenvalue weighted by molar-refractivity contribution is 0.251. The first-order valence-corrected chi connectivity index (χ1v) is 6.82. The molecule has 21 heavy (non-hydrogen) atoms. The van der Waals surface area contributed by atoms with E-state index in [-0.39, 0.29) is 12.1 Å². The lowest BCUT2D eigenvalue weighted by Gasteiger charge is -2.27. The Morgan fingerprint density at radius 3 is 2.71 bits per heavy atom. The highest BCUT2D eigenvalue weighted by molar-refractivity contribution is 5.88. The SMILES string of the molecule is Cc1cc(NC(=O)NCC(C)N(C)c2ccccc2)no1. The van der Waals surface area contributed by atoms with E-state index in [4.69, 9.17) is 4.52 Å². The van der Waals surface area contributed by atoms with Gasteiger partial charge in [-0.25, -0.2) is 4.79 Å². The highest BCUT2D eigenvalue weighted by Crippen LogP contribution is 2.13. The van der Waals surface area contributed by atoms with Gasteiger partial charge in [0.25, 0.3) is 0 Å². The van der Waals surface area contributed by atoms with Crippen molar-refractivity contribution in [2.75, 3.05) is 23.8 Å². The summed E-state index contributed by atoms with van der Waals surface area (Å²) in [6.45, 7) is 4.34. The number of benzene rings is 1. The molecule has 0 saturated carbocycles. The van der Waals surface area contributed by atoms with Crippen molar-refractivity contribution in [2.45, 2.75) is 19.9 Å². The topological polar surface area (TPSA) is 70.4 Å². The van der Waals surface area contributed by atoms with E-state index < -0.39 is 0 Å². The van der Waals surface area contributed by atoms with Crippen LogP contribution in [0.4, 0.5) is 16.3 Å². The fourth-order valence-electron chi connectivity index (χ4n) is 1.88. The molecule has 1 aromatic carbocycles. The van der Waals surface area contributed by atoms with Crippen molar-refractivity contribution >= 4 is 17.5 Å². The van der Waals surface area contributed by atoms with Gasteiger partial charge in [0.2, 0.25) is 0 Å². The summed E-state index contributed by atoms with van der Waals surface area (Å²) < 4.78 is 4.89. The van der Waals surface area contributed by atoms with Crippen LogP contribution in [-0.2, 0) is 0 Å². The van der Waals surface area contributed by atoms with Crippen molar-refractivity contribution < 1.29 is 9.32 Å². The molecule has 0 aliphatic rings. The number of urea groups is 1. The number of likely N-dealkylation sites (N-methyl/N-ethyl adjacent to an activating group) is 1. The third-order valence-corrected chi connectivity index (χ3v) is 3.25. The number of amides is 2. The van der Waals surface area contributed by atoms with Gasteiger partial charge in [-0.2, -0.15) is 0 Å². The summed E-state index contributed by atoms with van der Waals surface area (Å²) in [5.41, 5.74) is 1.11. The van der Waals surface area contributed by atoms with Crippen LogP contribution < -0.4 is 15.5 Å². The van der Waals surface area contributed by atoms with Crippen LogP contribution in [0.1, 0.15) is 12.7 Å². The molecule has 2 N–H and O–H groups in total. The molecule has 112 valence electrons. The summed E-state index contributed by atoms with van der Waals surface area (Å²) in [5.74, 6) is 1.07. The normalized spacial score (nSPS) is 11.8. The average molecular weight is 288 g/mol. The van der Waals surface area contributed by atoms with E-state index >= 15 is 0 Å². The Bertz CT molecular complexity index is 582. The van der Waals surface area contributed by atoms with Gasteiger partial charge in [-0.1, -0.05) is 23.4 Å². The van der Waals surface area contributed by atoms with Crippen LogP contribution in [0.3, 0.4) is 0 Å². The van der Waals surface area contributed by atoms with Crippen LogP contribution in [0.15, 0.2) is 40.9 Å². The third kappa shape index (κ3) is 4.24. The van der Waals surface area contributed by atoms with Gasteiger partial charge < -0.3 is 14.7 Å². The molecule has 1 aromatic heterocycles. The molecule has 2 rings (SSSR count). The second-order valence-corrected chi connectivity index (χ2v) is 4.95. The zero-order valence-electron chi connectivity index (χ0n) is 12.5. The zero-order valence-corrected chi connectivity index (χ0v) is 12.5. The maximum atomic E-state index is 11.8.